The second-order valence-electron chi connectivity index (χ2n) is 5.90. The van der Waals surface area contributed by atoms with Crippen LogP contribution in [0.1, 0.15) is 37.7 Å². The molecule has 1 heterocycles. The molecule has 0 unspecified atom stereocenters. The number of aliphatic imine (C=N–C) groups is 1. The summed E-state index contributed by atoms with van der Waals surface area (Å²) < 4.78 is 10.7. The highest BCUT2D eigenvalue weighted by Crippen LogP contribution is 2.32. The number of nitrogens with zero attached hydrogens (tertiary/aromatic N) is 1. The molecule has 0 radical (unpaired) electrons. The molecule has 2 aliphatic rings. The summed E-state index contributed by atoms with van der Waals surface area (Å²) in [5.41, 5.74) is 2.72. The van der Waals surface area contributed by atoms with Gasteiger partial charge in [-0.3, -0.25) is 4.99 Å². The molecule has 0 saturated heterocycles. The highest BCUT2D eigenvalue weighted by molar-refractivity contribution is 5.79. The van der Waals surface area contributed by atoms with Crippen LogP contribution in [-0.4, -0.2) is 26.3 Å². The van der Waals surface area contributed by atoms with Crippen LogP contribution < -0.4 is 20.1 Å². The van der Waals surface area contributed by atoms with Crippen molar-refractivity contribution in [3.8, 4) is 11.5 Å². The van der Waals surface area contributed by atoms with E-state index in [0.29, 0.717) is 13.3 Å². The van der Waals surface area contributed by atoms with Gasteiger partial charge in [0.25, 0.3) is 0 Å². The van der Waals surface area contributed by atoms with Gasteiger partial charge in [0.05, 0.1) is 0 Å². The van der Waals surface area contributed by atoms with Gasteiger partial charge in [-0.15, -0.1) is 0 Å². The third kappa shape index (κ3) is 4.41. The number of fused-ring (bicyclic) bond motifs is 1. The molecule has 5 nitrogen and oxygen atoms in total. The fraction of sp³-hybridized carbons (Fsp3) is 0.500. The summed E-state index contributed by atoms with van der Waals surface area (Å²) in [4.78, 5) is 4.28. The lowest BCUT2D eigenvalue weighted by atomic mass is 9.97. The Morgan fingerprint density at radius 2 is 2.09 bits per heavy atom. The molecular weight excluding hydrogens is 290 g/mol. The molecule has 0 amide bonds. The van der Waals surface area contributed by atoms with Gasteiger partial charge in [-0.05, 0) is 49.8 Å². The summed E-state index contributed by atoms with van der Waals surface area (Å²) in [6.45, 7) is 1.94. The topological polar surface area (TPSA) is 54.9 Å². The van der Waals surface area contributed by atoms with E-state index < -0.39 is 0 Å². The molecule has 0 aromatic heterocycles. The number of rotatable bonds is 5. The van der Waals surface area contributed by atoms with E-state index in [9.17, 15) is 0 Å². The largest absolute Gasteiger partial charge is 0.454 e. The molecule has 23 heavy (non-hydrogen) atoms. The maximum Gasteiger partial charge on any atom is 0.231 e. The number of guanidine groups is 1. The molecule has 0 fully saturated rings. The number of allylic oxidation sites excluding steroid dienone is 1. The molecule has 0 atom stereocenters. The third-order valence-electron chi connectivity index (χ3n) is 4.24. The van der Waals surface area contributed by atoms with E-state index in [0.717, 1.165) is 36.0 Å². The number of nitrogens with one attached hydrogen (secondary N) is 2. The van der Waals surface area contributed by atoms with Gasteiger partial charge in [-0.25, -0.2) is 0 Å². The van der Waals surface area contributed by atoms with Crippen molar-refractivity contribution in [3.05, 3.63) is 35.4 Å². The SMILES string of the molecule is CN=C(NCCC1=CCCCC1)NCc1ccc2c(c1)OCO2. The fourth-order valence-corrected chi connectivity index (χ4v) is 2.93. The summed E-state index contributed by atoms with van der Waals surface area (Å²) >= 11 is 0. The van der Waals surface area contributed by atoms with Gasteiger partial charge < -0.3 is 20.1 Å². The predicted octanol–water partition coefficient (Wildman–Crippen LogP) is 2.97. The van der Waals surface area contributed by atoms with Gasteiger partial charge >= 0.3 is 0 Å². The van der Waals surface area contributed by atoms with Crippen molar-refractivity contribution < 1.29 is 9.47 Å². The molecule has 1 aliphatic carbocycles. The Kier molecular flexibility index (Phi) is 5.40. The van der Waals surface area contributed by atoms with Crippen molar-refractivity contribution in [2.45, 2.75) is 38.6 Å². The minimum Gasteiger partial charge on any atom is -0.454 e. The van der Waals surface area contributed by atoms with Gasteiger partial charge in [0, 0.05) is 20.1 Å². The molecule has 3 rings (SSSR count). The van der Waals surface area contributed by atoms with Crippen molar-refractivity contribution in [2.75, 3.05) is 20.4 Å². The number of hydrogen-bond donors (Lipinski definition) is 2. The van der Waals surface area contributed by atoms with Crippen LogP contribution in [0.4, 0.5) is 0 Å². The van der Waals surface area contributed by atoms with Crippen molar-refractivity contribution in [2.24, 2.45) is 4.99 Å². The first-order chi connectivity index (χ1) is 11.3. The Morgan fingerprint density at radius 3 is 2.91 bits per heavy atom. The van der Waals surface area contributed by atoms with E-state index in [1.807, 2.05) is 18.2 Å². The number of ether oxygens (including phenoxy) is 2. The monoisotopic (exact) mass is 315 g/mol. The molecule has 124 valence electrons. The van der Waals surface area contributed by atoms with Crippen molar-refractivity contribution in [3.63, 3.8) is 0 Å². The van der Waals surface area contributed by atoms with E-state index in [4.69, 9.17) is 9.47 Å². The first kappa shape index (κ1) is 15.7. The zero-order valence-electron chi connectivity index (χ0n) is 13.7. The zero-order valence-corrected chi connectivity index (χ0v) is 13.7. The second kappa shape index (κ2) is 7.90. The average molecular weight is 315 g/mol. The molecule has 1 aromatic carbocycles. The lowest BCUT2D eigenvalue weighted by Crippen LogP contribution is -2.37. The van der Waals surface area contributed by atoms with Crippen molar-refractivity contribution in [1.29, 1.82) is 0 Å². The lowest BCUT2D eigenvalue weighted by molar-refractivity contribution is 0.174. The summed E-state index contributed by atoms with van der Waals surface area (Å²) in [6.07, 6.45) is 8.68. The molecule has 1 aromatic rings. The average Bonchev–Trinajstić information content (AvgIpc) is 3.06. The van der Waals surface area contributed by atoms with Crippen molar-refractivity contribution in [1.82, 2.24) is 10.6 Å². The fourth-order valence-electron chi connectivity index (χ4n) is 2.93. The third-order valence-corrected chi connectivity index (χ3v) is 4.24. The van der Waals surface area contributed by atoms with Crippen molar-refractivity contribution >= 4 is 5.96 Å². The molecule has 0 bridgehead atoms. The molecule has 0 spiro atoms. The van der Waals surface area contributed by atoms with Crippen LogP contribution in [0.2, 0.25) is 0 Å². The van der Waals surface area contributed by atoms with Crippen LogP contribution in [0.25, 0.3) is 0 Å². The van der Waals surface area contributed by atoms with E-state index in [-0.39, 0.29) is 0 Å². The summed E-state index contributed by atoms with van der Waals surface area (Å²) in [6, 6.07) is 6.00. The van der Waals surface area contributed by atoms with Gasteiger partial charge in [0.15, 0.2) is 17.5 Å². The van der Waals surface area contributed by atoms with Crippen LogP contribution in [0, 0.1) is 0 Å². The van der Waals surface area contributed by atoms with E-state index >= 15 is 0 Å². The van der Waals surface area contributed by atoms with Gasteiger partial charge in [-0.2, -0.15) is 0 Å². The Bertz CT molecular complexity index is 596. The Morgan fingerprint density at radius 1 is 1.17 bits per heavy atom. The van der Waals surface area contributed by atoms with E-state index in [2.05, 4.69) is 21.7 Å². The predicted molar refractivity (Wildman–Crippen MR) is 91.9 cm³/mol. The maximum atomic E-state index is 5.40. The summed E-state index contributed by atoms with van der Waals surface area (Å²) in [5.74, 6) is 2.47. The number of hydrogen-bond acceptors (Lipinski definition) is 3. The maximum absolute atomic E-state index is 5.40. The highest BCUT2D eigenvalue weighted by Gasteiger charge is 2.13. The molecule has 2 N–H and O–H groups in total. The van der Waals surface area contributed by atoms with Crippen LogP contribution in [-0.2, 0) is 6.54 Å². The highest BCUT2D eigenvalue weighted by atomic mass is 16.7. The van der Waals surface area contributed by atoms with Gasteiger partial charge in [0.2, 0.25) is 6.79 Å². The summed E-state index contributed by atoms with van der Waals surface area (Å²) in [5, 5.41) is 6.72. The Balaban J connectivity index is 1.43. The molecule has 1 aliphatic heterocycles. The molecule has 0 saturated carbocycles. The molecule has 5 heteroatoms. The minimum absolute atomic E-state index is 0.311. The minimum atomic E-state index is 0.311. The van der Waals surface area contributed by atoms with Gasteiger partial charge in [-0.1, -0.05) is 17.7 Å². The zero-order chi connectivity index (χ0) is 15.9. The quantitative estimate of drug-likeness (QED) is 0.498. The first-order valence-corrected chi connectivity index (χ1v) is 8.36. The smallest absolute Gasteiger partial charge is 0.231 e. The van der Waals surface area contributed by atoms with Crippen LogP contribution in [0.5, 0.6) is 11.5 Å². The normalized spacial score (nSPS) is 16.9. The lowest BCUT2D eigenvalue weighted by Gasteiger charge is -2.15. The standard InChI is InChI=1S/C18H25N3O2/c1-19-18(20-10-9-14-5-3-2-4-6-14)21-12-15-7-8-16-17(11-15)23-13-22-16/h5,7-8,11H,2-4,6,9-10,12-13H2,1H3,(H2,19,20,21). The molecular formula is C18H25N3O2. The van der Waals surface area contributed by atoms with Crippen LogP contribution >= 0.6 is 0 Å². The summed E-state index contributed by atoms with van der Waals surface area (Å²) in [7, 11) is 1.80. The van der Waals surface area contributed by atoms with E-state index in [1.54, 1.807) is 12.6 Å². The van der Waals surface area contributed by atoms with Gasteiger partial charge in [0.1, 0.15) is 0 Å². The Hall–Kier alpha value is -2.17. The second-order valence-corrected chi connectivity index (χ2v) is 5.90. The number of benzene rings is 1. The Labute approximate surface area is 137 Å². The van der Waals surface area contributed by atoms with Crippen LogP contribution in [0.3, 0.4) is 0 Å². The van der Waals surface area contributed by atoms with E-state index in [1.165, 1.54) is 25.7 Å². The van der Waals surface area contributed by atoms with Crippen LogP contribution in [0.15, 0.2) is 34.8 Å². The first-order valence-electron chi connectivity index (χ1n) is 8.36.